The molecule has 2 aromatic rings. The molecular formula is C17H19N3O2. The second kappa shape index (κ2) is 7.04. The lowest BCUT2D eigenvalue weighted by molar-refractivity contribution is 0.0735. The van der Waals surface area contributed by atoms with Gasteiger partial charge >= 0.3 is 0 Å². The average Bonchev–Trinajstić information content (AvgIpc) is 2.61. The minimum absolute atomic E-state index is 0.0311. The van der Waals surface area contributed by atoms with Gasteiger partial charge in [-0.05, 0) is 11.6 Å². The first-order valence-electron chi connectivity index (χ1n) is 7.46. The molecule has 0 atom stereocenters. The van der Waals surface area contributed by atoms with Crippen LogP contribution in [0.25, 0.3) is 0 Å². The van der Waals surface area contributed by atoms with Gasteiger partial charge in [-0.2, -0.15) is 0 Å². The van der Waals surface area contributed by atoms with E-state index < -0.39 is 0 Å². The van der Waals surface area contributed by atoms with Crippen LogP contribution in [-0.4, -0.2) is 42.0 Å². The van der Waals surface area contributed by atoms with Gasteiger partial charge in [-0.15, -0.1) is 0 Å². The molecule has 2 heterocycles. The second-order valence-corrected chi connectivity index (χ2v) is 5.20. The molecule has 0 spiro atoms. The average molecular weight is 297 g/mol. The van der Waals surface area contributed by atoms with Gasteiger partial charge in [0.15, 0.2) is 0 Å². The van der Waals surface area contributed by atoms with Crippen LogP contribution in [0.5, 0.6) is 5.88 Å². The highest BCUT2D eigenvalue weighted by atomic mass is 16.5. The predicted octanol–water partition coefficient (Wildman–Crippen LogP) is 1.71. The van der Waals surface area contributed by atoms with Crippen LogP contribution >= 0.6 is 0 Å². The van der Waals surface area contributed by atoms with Crippen molar-refractivity contribution in [3.8, 4) is 5.88 Å². The highest BCUT2D eigenvalue weighted by Crippen LogP contribution is 2.12. The number of hydrogen-bond donors (Lipinski definition) is 1. The molecule has 1 aliphatic heterocycles. The Bertz CT molecular complexity index is 608. The summed E-state index contributed by atoms with van der Waals surface area (Å²) < 4.78 is 5.63. The number of ether oxygens (including phenoxy) is 1. The summed E-state index contributed by atoms with van der Waals surface area (Å²) in [4.78, 5) is 18.4. The molecule has 3 rings (SSSR count). The van der Waals surface area contributed by atoms with Crippen molar-refractivity contribution in [1.82, 2.24) is 15.2 Å². The van der Waals surface area contributed by atoms with Crippen LogP contribution in [-0.2, 0) is 6.61 Å². The van der Waals surface area contributed by atoms with Crippen LogP contribution in [0.1, 0.15) is 15.9 Å². The van der Waals surface area contributed by atoms with Gasteiger partial charge in [0, 0.05) is 38.4 Å². The third-order valence-electron chi connectivity index (χ3n) is 3.62. The van der Waals surface area contributed by atoms with E-state index in [0.29, 0.717) is 18.1 Å². The molecule has 1 amide bonds. The molecule has 0 unspecified atom stereocenters. The van der Waals surface area contributed by atoms with Gasteiger partial charge in [0.2, 0.25) is 5.88 Å². The maximum atomic E-state index is 12.3. The number of amides is 1. The number of rotatable bonds is 4. The quantitative estimate of drug-likeness (QED) is 0.933. The van der Waals surface area contributed by atoms with Gasteiger partial charge in [0.1, 0.15) is 6.61 Å². The molecule has 1 aromatic carbocycles. The second-order valence-electron chi connectivity index (χ2n) is 5.20. The third-order valence-corrected chi connectivity index (χ3v) is 3.62. The predicted molar refractivity (Wildman–Crippen MR) is 83.8 cm³/mol. The Hall–Kier alpha value is -2.40. The van der Waals surface area contributed by atoms with E-state index in [1.54, 1.807) is 18.3 Å². The number of nitrogens with zero attached hydrogens (tertiary/aromatic N) is 2. The minimum Gasteiger partial charge on any atom is -0.473 e. The summed E-state index contributed by atoms with van der Waals surface area (Å²) in [5.74, 6) is 0.560. The van der Waals surface area contributed by atoms with Crippen LogP contribution in [0.3, 0.4) is 0 Å². The van der Waals surface area contributed by atoms with Gasteiger partial charge < -0.3 is 15.0 Å². The monoisotopic (exact) mass is 297 g/mol. The number of carbonyl (C=O) groups excluding carboxylic acids is 1. The van der Waals surface area contributed by atoms with Crippen molar-refractivity contribution < 1.29 is 9.53 Å². The van der Waals surface area contributed by atoms with E-state index in [2.05, 4.69) is 10.3 Å². The SMILES string of the molecule is O=C(c1ccc(OCc2ccccc2)nc1)N1CCNCC1. The van der Waals surface area contributed by atoms with E-state index in [9.17, 15) is 4.79 Å². The maximum absolute atomic E-state index is 12.3. The molecule has 5 nitrogen and oxygen atoms in total. The first-order valence-corrected chi connectivity index (χ1v) is 7.46. The molecule has 1 saturated heterocycles. The number of benzene rings is 1. The summed E-state index contributed by atoms with van der Waals surface area (Å²) >= 11 is 0. The summed E-state index contributed by atoms with van der Waals surface area (Å²) in [5, 5.41) is 3.23. The van der Waals surface area contributed by atoms with E-state index in [-0.39, 0.29) is 5.91 Å². The highest BCUT2D eigenvalue weighted by Gasteiger charge is 2.18. The molecule has 5 heteroatoms. The van der Waals surface area contributed by atoms with Gasteiger partial charge in [0.25, 0.3) is 5.91 Å². The number of pyridine rings is 1. The zero-order valence-corrected chi connectivity index (χ0v) is 12.4. The van der Waals surface area contributed by atoms with Crippen molar-refractivity contribution in [2.24, 2.45) is 0 Å². The highest BCUT2D eigenvalue weighted by molar-refractivity contribution is 5.94. The topological polar surface area (TPSA) is 54.5 Å². The number of carbonyl (C=O) groups is 1. The molecule has 114 valence electrons. The summed E-state index contributed by atoms with van der Waals surface area (Å²) in [6, 6.07) is 13.4. The van der Waals surface area contributed by atoms with Crippen LogP contribution in [0.15, 0.2) is 48.7 Å². The number of piperazine rings is 1. The number of nitrogens with one attached hydrogen (secondary N) is 1. The Kier molecular flexibility index (Phi) is 4.65. The van der Waals surface area contributed by atoms with Crippen LogP contribution in [0.2, 0.25) is 0 Å². The van der Waals surface area contributed by atoms with Crippen molar-refractivity contribution in [2.75, 3.05) is 26.2 Å². The number of hydrogen-bond acceptors (Lipinski definition) is 4. The fraction of sp³-hybridized carbons (Fsp3) is 0.294. The fourth-order valence-electron chi connectivity index (χ4n) is 2.37. The van der Waals surface area contributed by atoms with Crippen molar-refractivity contribution in [2.45, 2.75) is 6.61 Å². The van der Waals surface area contributed by atoms with Crippen molar-refractivity contribution in [1.29, 1.82) is 0 Å². The van der Waals surface area contributed by atoms with Crippen LogP contribution < -0.4 is 10.1 Å². The van der Waals surface area contributed by atoms with E-state index in [4.69, 9.17) is 4.74 Å². The molecule has 1 fully saturated rings. The Morgan fingerprint density at radius 1 is 1.14 bits per heavy atom. The lowest BCUT2D eigenvalue weighted by Gasteiger charge is -2.27. The largest absolute Gasteiger partial charge is 0.473 e. The molecule has 1 N–H and O–H groups in total. The summed E-state index contributed by atoms with van der Waals surface area (Å²) in [5.41, 5.74) is 1.69. The fourth-order valence-corrected chi connectivity index (χ4v) is 2.37. The lowest BCUT2D eigenvalue weighted by Crippen LogP contribution is -2.46. The van der Waals surface area contributed by atoms with Crippen LogP contribution in [0.4, 0.5) is 0 Å². The number of aromatic nitrogens is 1. The van der Waals surface area contributed by atoms with Gasteiger partial charge in [0.05, 0.1) is 5.56 Å². The summed E-state index contributed by atoms with van der Waals surface area (Å²) in [6.45, 7) is 3.64. The normalized spacial score (nSPS) is 14.6. The Balaban J connectivity index is 1.59. The molecule has 1 aliphatic rings. The molecular weight excluding hydrogens is 278 g/mol. The van der Waals surface area contributed by atoms with Gasteiger partial charge in [-0.1, -0.05) is 30.3 Å². The van der Waals surface area contributed by atoms with Crippen molar-refractivity contribution in [3.63, 3.8) is 0 Å². The molecule has 0 aliphatic carbocycles. The molecule has 0 bridgehead atoms. The first kappa shape index (κ1) is 14.5. The van der Waals surface area contributed by atoms with E-state index in [1.807, 2.05) is 35.2 Å². The third kappa shape index (κ3) is 3.62. The van der Waals surface area contributed by atoms with E-state index >= 15 is 0 Å². The summed E-state index contributed by atoms with van der Waals surface area (Å²) in [6.07, 6.45) is 1.59. The zero-order valence-electron chi connectivity index (χ0n) is 12.4. The smallest absolute Gasteiger partial charge is 0.255 e. The van der Waals surface area contributed by atoms with Crippen LogP contribution in [0, 0.1) is 0 Å². The Morgan fingerprint density at radius 2 is 1.91 bits per heavy atom. The van der Waals surface area contributed by atoms with E-state index in [1.165, 1.54) is 0 Å². The Labute approximate surface area is 129 Å². The molecule has 0 radical (unpaired) electrons. The van der Waals surface area contributed by atoms with Gasteiger partial charge in [-0.3, -0.25) is 4.79 Å². The van der Waals surface area contributed by atoms with Crippen molar-refractivity contribution >= 4 is 5.91 Å². The lowest BCUT2D eigenvalue weighted by atomic mass is 10.2. The zero-order chi connectivity index (χ0) is 15.2. The minimum atomic E-state index is 0.0311. The Morgan fingerprint density at radius 3 is 2.59 bits per heavy atom. The molecule has 22 heavy (non-hydrogen) atoms. The summed E-state index contributed by atoms with van der Waals surface area (Å²) in [7, 11) is 0. The van der Waals surface area contributed by atoms with Crippen molar-refractivity contribution in [3.05, 3.63) is 59.8 Å². The first-order chi connectivity index (χ1) is 10.8. The molecule has 1 aromatic heterocycles. The standard InChI is InChI=1S/C17H19N3O2/c21-17(20-10-8-18-9-11-20)15-6-7-16(19-12-15)22-13-14-4-2-1-3-5-14/h1-7,12,18H,8-11,13H2. The molecule has 0 saturated carbocycles. The van der Waals surface area contributed by atoms with E-state index in [0.717, 1.165) is 31.7 Å². The van der Waals surface area contributed by atoms with Gasteiger partial charge in [-0.25, -0.2) is 4.98 Å². The maximum Gasteiger partial charge on any atom is 0.255 e.